The van der Waals surface area contributed by atoms with Crippen molar-refractivity contribution in [2.45, 2.75) is 13.3 Å². The molecule has 1 unspecified atom stereocenters. The number of aliphatic hydroxyl groups excluding tert-OH is 1. The van der Waals surface area contributed by atoms with E-state index in [9.17, 15) is 14.9 Å². The first-order chi connectivity index (χ1) is 9.36. The van der Waals surface area contributed by atoms with Gasteiger partial charge in [0.2, 0.25) is 0 Å². The lowest BCUT2D eigenvalue weighted by Crippen LogP contribution is -2.15. The number of nitro groups is 1. The SMILES string of the molecule is CC(CCO)CNc1c(Cl)cc([N+](=O)[O-])cc1C(=O)O. The Morgan fingerprint density at radius 3 is 2.70 bits per heavy atom. The lowest BCUT2D eigenvalue weighted by molar-refractivity contribution is -0.384. The highest BCUT2D eigenvalue weighted by Gasteiger charge is 2.20. The first kappa shape index (κ1) is 16.2. The highest BCUT2D eigenvalue weighted by atomic mass is 35.5. The van der Waals surface area contributed by atoms with Crippen molar-refractivity contribution in [1.82, 2.24) is 0 Å². The minimum Gasteiger partial charge on any atom is -0.478 e. The second-order valence-electron chi connectivity index (χ2n) is 4.41. The zero-order valence-electron chi connectivity index (χ0n) is 10.8. The molecule has 1 atom stereocenters. The Bertz CT molecular complexity index is 521. The zero-order chi connectivity index (χ0) is 15.3. The molecule has 0 spiro atoms. The van der Waals surface area contributed by atoms with Crippen molar-refractivity contribution in [3.8, 4) is 0 Å². The number of anilines is 1. The van der Waals surface area contributed by atoms with Crippen LogP contribution >= 0.6 is 11.6 Å². The number of non-ortho nitro benzene ring substituents is 1. The summed E-state index contributed by atoms with van der Waals surface area (Å²) in [6, 6.07) is 2.07. The number of nitrogens with zero attached hydrogens (tertiary/aromatic N) is 1. The van der Waals surface area contributed by atoms with Gasteiger partial charge < -0.3 is 15.5 Å². The van der Waals surface area contributed by atoms with Crippen LogP contribution in [0.3, 0.4) is 0 Å². The number of aliphatic hydroxyl groups is 1. The van der Waals surface area contributed by atoms with E-state index in [4.69, 9.17) is 21.8 Å². The first-order valence-electron chi connectivity index (χ1n) is 5.92. The van der Waals surface area contributed by atoms with Crippen LogP contribution in [-0.4, -0.2) is 34.3 Å². The number of carboxylic acid groups (broad SMARTS) is 1. The Balaban J connectivity index is 3.05. The van der Waals surface area contributed by atoms with Gasteiger partial charge >= 0.3 is 5.97 Å². The van der Waals surface area contributed by atoms with Crippen LogP contribution in [0.4, 0.5) is 11.4 Å². The van der Waals surface area contributed by atoms with Crippen molar-refractivity contribution in [1.29, 1.82) is 0 Å². The summed E-state index contributed by atoms with van der Waals surface area (Å²) in [6.45, 7) is 2.31. The Hall–Kier alpha value is -1.86. The molecule has 0 amide bonds. The van der Waals surface area contributed by atoms with Crippen molar-refractivity contribution < 1.29 is 19.9 Å². The Labute approximate surface area is 120 Å². The third-order valence-corrected chi connectivity index (χ3v) is 3.06. The molecular weight excluding hydrogens is 288 g/mol. The monoisotopic (exact) mass is 302 g/mol. The summed E-state index contributed by atoms with van der Waals surface area (Å²) in [4.78, 5) is 21.2. The fraction of sp³-hybridized carbons (Fsp3) is 0.417. The number of carbonyl (C=O) groups is 1. The van der Waals surface area contributed by atoms with Gasteiger partial charge in [-0.1, -0.05) is 18.5 Å². The molecule has 1 aromatic carbocycles. The van der Waals surface area contributed by atoms with Crippen molar-refractivity contribution in [2.75, 3.05) is 18.5 Å². The molecule has 7 nitrogen and oxygen atoms in total. The van der Waals surface area contributed by atoms with Gasteiger partial charge in [-0.05, 0) is 12.3 Å². The summed E-state index contributed by atoms with van der Waals surface area (Å²) in [5.74, 6) is -1.19. The molecular formula is C12H15ClN2O5. The topological polar surface area (TPSA) is 113 Å². The van der Waals surface area contributed by atoms with Gasteiger partial charge in [-0.2, -0.15) is 0 Å². The highest BCUT2D eigenvalue weighted by Crippen LogP contribution is 2.31. The number of benzene rings is 1. The predicted molar refractivity (Wildman–Crippen MR) is 74.4 cm³/mol. The molecule has 110 valence electrons. The van der Waals surface area contributed by atoms with E-state index >= 15 is 0 Å². The molecule has 1 aromatic rings. The highest BCUT2D eigenvalue weighted by molar-refractivity contribution is 6.34. The van der Waals surface area contributed by atoms with E-state index in [-0.39, 0.29) is 34.5 Å². The molecule has 0 radical (unpaired) electrons. The normalized spacial score (nSPS) is 11.9. The summed E-state index contributed by atoms with van der Waals surface area (Å²) in [7, 11) is 0. The Kier molecular flexibility index (Phi) is 5.72. The van der Waals surface area contributed by atoms with Crippen LogP contribution in [0.15, 0.2) is 12.1 Å². The maximum Gasteiger partial charge on any atom is 0.338 e. The molecule has 0 aromatic heterocycles. The Morgan fingerprint density at radius 1 is 1.55 bits per heavy atom. The third kappa shape index (κ3) is 4.07. The Morgan fingerprint density at radius 2 is 2.20 bits per heavy atom. The van der Waals surface area contributed by atoms with Gasteiger partial charge in [0.05, 0.1) is 21.2 Å². The number of nitro benzene ring substituents is 1. The smallest absolute Gasteiger partial charge is 0.338 e. The van der Waals surface area contributed by atoms with Crippen LogP contribution < -0.4 is 5.32 Å². The van der Waals surface area contributed by atoms with E-state index in [0.29, 0.717) is 13.0 Å². The number of aromatic carboxylic acids is 1. The average molecular weight is 303 g/mol. The van der Waals surface area contributed by atoms with E-state index in [0.717, 1.165) is 12.1 Å². The van der Waals surface area contributed by atoms with Crippen LogP contribution in [0.5, 0.6) is 0 Å². The predicted octanol–water partition coefficient (Wildman–Crippen LogP) is 2.38. The van der Waals surface area contributed by atoms with E-state index in [1.165, 1.54) is 0 Å². The second kappa shape index (κ2) is 7.06. The molecule has 0 aliphatic carbocycles. The number of carboxylic acids is 1. The molecule has 3 N–H and O–H groups in total. The number of hydrogen-bond donors (Lipinski definition) is 3. The maximum atomic E-state index is 11.2. The molecule has 1 rings (SSSR count). The van der Waals surface area contributed by atoms with Crippen molar-refractivity contribution >= 4 is 28.9 Å². The fourth-order valence-corrected chi connectivity index (χ4v) is 1.93. The standard InChI is InChI=1S/C12H15ClN2O5/c1-7(2-3-16)6-14-11-9(12(17)18)4-8(15(19)20)5-10(11)13/h4-5,7,14,16H,2-3,6H2,1H3,(H,17,18). The summed E-state index contributed by atoms with van der Waals surface area (Å²) < 4.78 is 0. The number of rotatable bonds is 7. The van der Waals surface area contributed by atoms with Gasteiger partial charge in [0.1, 0.15) is 0 Å². The van der Waals surface area contributed by atoms with Gasteiger partial charge in [-0.15, -0.1) is 0 Å². The van der Waals surface area contributed by atoms with Gasteiger partial charge in [0, 0.05) is 25.3 Å². The van der Waals surface area contributed by atoms with E-state index in [1.807, 2.05) is 6.92 Å². The molecule has 0 heterocycles. The van der Waals surface area contributed by atoms with Crippen LogP contribution in [0.2, 0.25) is 5.02 Å². The molecule has 20 heavy (non-hydrogen) atoms. The maximum absolute atomic E-state index is 11.2. The molecule has 0 saturated heterocycles. The largest absolute Gasteiger partial charge is 0.478 e. The number of halogens is 1. The second-order valence-corrected chi connectivity index (χ2v) is 4.82. The van der Waals surface area contributed by atoms with E-state index in [2.05, 4.69) is 5.32 Å². The molecule has 0 aliphatic rings. The molecule has 0 bridgehead atoms. The van der Waals surface area contributed by atoms with Crippen molar-refractivity contribution in [2.24, 2.45) is 5.92 Å². The molecule has 0 aliphatic heterocycles. The van der Waals surface area contributed by atoms with Crippen LogP contribution in [0, 0.1) is 16.0 Å². The van der Waals surface area contributed by atoms with Crippen molar-refractivity contribution in [3.63, 3.8) is 0 Å². The fourth-order valence-electron chi connectivity index (χ4n) is 1.64. The van der Waals surface area contributed by atoms with Crippen LogP contribution in [0.1, 0.15) is 23.7 Å². The van der Waals surface area contributed by atoms with Gasteiger partial charge in [0.15, 0.2) is 0 Å². The molecule has 0 fully saturated rings. The lowest BCUT2D eigenvalue weighted by Gasteiger charge is -2.15. The summed E-state index contributed by atoms with van der Waals surface area (Å²) in [6.07, 6.45) is 0.556. The van der Waals surface area contributed by atoms with Crippen molar-refractivity contribution in [3.05, 3.63) is 32.8 Å². The number of hydrogen-bond acceptors (Lipinski definition) is 5. The third-order valence-electron chi connectivity index (χ3n) is 2.77. The minimum absolute atomic E-state index is 0.0206. The first-order valence-corrected chi connectivity index (χ1v) is 6.30. The number of nitrogens with one attached hydrogen (secondary N) is 1. The van der Waals surface area contributed by atoms with Gasteiger partial charge in [-0.3, -0.25) is 10.1 Å². The summed E-state index contributed by atoms with van der Waals surface area (Å²) in [5.41, 5.74) is -0.476. The molecule has 8 heteroatoms. The van der Waals surface area contributed by atoms with E-state index in [1.54, 1.807) is 0 Å². The molecule has 0 saturated carbocycles. The summed E-state index contributed by atoms with van der Waals surface area (Å²) in [5, 5.41) is 31.5. The van der Waals surface area contributed by atoms with Gasteiger partial charge in [0.25, 0.3) is 5.69 Å². The van der Waals surface area contributed by atoms with E-state index < -0.39 is 10.9 Å². The van der Waals surface area contributed by atoms with Crippen LogP contribution in [-0.2, 0) is 0 Å². The lowest BCUT2D eigenvalue weighted by atomic mass is 10.1. The van der Waals surface area contributed by atoms with Gasteiger partial charge in [-0.25, -0.2) is 4.79 Å². The zero-order valence-corrected chi connectivity index (χ0v) is 11.6. The van der Waals surface area contributed by atoms with Crippen LogP contribution in [0.25, 0.3) is 0 Å². The summed E-state index contributed by atoms with van der Waals surface area (Å²) >= 11 is 5.90. The average Bonchev–Trinajstić information content (AvgIpc) is 2.36. The minimum atomic E-state index is -1.30. The quantitative estimate of drug-likeness (QED) is 0.526.